The number of ether oxygens (including phenoxy) is 1. The molecule has 1 heterocycles. The minimum absolute atomic E-state index is 0.0851. The van der Waals surface area contributed by atoms with Crippen molar-refractivity contribution < 1.29 is 13.9 Å². The van der Waals surface area contributed by atoms with Crippen LogP contribution in [0, 0.1) is 13.8 Å². The number of anilines is 1. The summed E-state index contributed by atoms with van der Waals surface area (Å²) in [5.74, 6) is 0.782. The maximum Gasteiger partial charge on any atom is 0.344 e. The van der Waals surface area contributed by atoms with E-state index < -0.39 is 0 Å². The molecule has 0 aliphatic heterocycles. The summed E-state index contributed by atoms with van der Waals surface area (Å²) < 4.78 is 11.3. The van der Waals surface area contributed by atoms with Gasteiger partial charge in [0.2, 0.25) is 0 Å². The lowest BCUT2D eigenvalue weighted by Gasteiger charge is -2.15. The summed E-state index contributed by atoms with van der Waals surface area (Å²) in [5, 5.41) is 3.73. The molecule has 0 atom stereocenters. The van der Waals surface area contributed by atoms with Gasteiger partial charge in [-0.1, -0.05) is 50.2 Å². The molecule has 33 heavy (non-hydrogen) atoms. The molecule has 0 radical (unpaired) electrons. The van der Waals surface area contributed by atoms with E-state index in [-0.39, 0.29) is 18.1 Å². The molecule has 0 aliphatic carbocycles. The zero-order valence-electron chi connectivity index (χ0n) is 19.3. The van der Waals surface area contributed by atoms with Gasteiger partial charge in [0, 0.05) is 11.1 Å². The first kappa shape index (κ1) is 22.3. The number of aryl methyl sites for hydroxylation is 2. The van der Waals surface area contributed by atoms with E-state index in [1.165, 1.54) is 0 Å². The topological polar surface area (TPSA) is 68.5 Å². The molecule has 1 aromatic heterocycles. The number of fused-ring (bicyclic) bond motifs is 1. The van der Waals surface area contributed by atoms with Crippen LogP contribution >= 0.6 is 0 Å². The Balaban J connectivity index is 1.49. The zero-order chi connectivity index (χ0) is 23.5. The van der Waals surface area contributed by atoms with Gasteiger partial charge in [-0.25, -0.2) is 4.79 Å². The van der Waals surface area contributed by atoms with Gasteiger partial charge in [0.1, 0.15) is 11.3 Å². The highest BCUT2D eigenvalue weighted by Gasteiger charge is 2.13. The Morgan fingerprint density at radius 3 is 2.52 bits per heavy atom. The molecule has 0 spiro atoms. The highest BCUT2D eigenvalue weighted by Crippen LogP contribution is 2.28. The highest BCUT2D eigenvalue weighted by molar-refractivity contribution is 5.92. The second-order valence-electron chi connectivity index (χ2n) is 8.55. The van der Waals surface area contributed by atoms with Gasteiger partial charge in [-0.15, -0.1) is 0 Å². The molecular weight excluding hydrogens is 414 g/mol. The molecular formula is C28H27NO4. The third kappa shape index (κ3) is 4.98. The number of amides is 1. The van der Waals surface area contributed by atoms with Gasteiger partial charge in [0.25, 0.3) is 5.91 Å². The third-order valence-corrected chi connectivity index (χ3v) is 5.59. The van der Waals surface area contributed by atoms with Crippen LogP contribution in [0.1, 0.15) is 36.5 Å². The summed E-state index contributed by atoms with van der Waals surface area (Å²) in [5.41, 5.74) is 5.09. The van der Waals surface area contributed by atoms with Crippen LogP contribution in [0.5, 0.6) is 5.75 Å². The molecule has 0 saturated carbocycles. The number of benzene rings is 3. The maximum absolute atomic E-state index is 12.5. The molecule has 4 rings (SSSR count). The average Bonchev–Trinajstić information content (AvgIpc) is 2.77. The summed E-state index contributed by atoms with van der Waals surface area (Å²) in [6.45, 7) is 8.00. The van der Waals surface area contributed by atoms with E-state index in [4.69, 9.17) is 9.15 Å². The van der Waals surface area contributed by atoms with Crippen molar-refractivity contribution in [3.05, 3.63) is 93.8 Å². The van der Waals surface area contributed by atoms with Crippen LogP contribution in [-0.4, -0.2) is 12.5 Å². The van der Waals surface area contributed by atoms with Gasteiger partial charge >= 0.3 is 5.63 Å². The second-order valence-corrected chi connectivity index (χ2v) is 8.55. The van der Waals surface area contributed by atoms with Crippen LogP contribution in [0.15, 0.2) is 75.9 Å². The summed E-state index contributed by atoms with van der Waals surface area (Å²) in [7, 11) is 0. The van der Waals surface area contributed by atoms with Crippen molar-refractivity contribution >= 4 is 22.6 Å². The van der Waals surface area contributed by atoms with E-state index in [9.17, 15) is 9.59 Å². The fraction of sp³-hybridized carbons (Fsp3) is 0.214. The number of carbonyl (C=O) groups excluding carboxylic acids is 1. The average molecular weight is 442 g/mol. The largest absolute Gasteiger partial charge is 0.483 e. The van der Waals surface area contributed by atoms with Crippen LogP contribution in [0.25, 0.3) is 22.1 Å². The summed E-state index contributed by atoms with van der Waals surface area (Å²) in [6, 6.07) is 20.7. The van der Waals surface area contributed by atoms with E-state index in [2.05, 4.69) is 19.2 Å². The Morgan fingerprint density at radius 2 is 1.76 bits per heavy atom. The maximum atomic E-state index is 12.5. The van der Waals surface area contributed by atoms with Gasteiger partial charge in [-0.2, -0.15) is 0 Å². The van der Waals surface area contributed by atoms with E-state index >= 15 is 0 Å². The van der Waals surface area contributed by atoms with Crippen molar-refractivity contribution in [3.8, 4) is 16.9 Å². The monoisotopic (exact) mass is 441 g/mol. The Kier molecular flexibility index (Phi) is 6.31. The minimum atomic E-state index is -0.388. The van der Waals surface area contributed by atoms with Crippen molar-refractivity contribution in [2.75, 3.05) is 11.9 Å². The quantitative estimate of drug-likeness (QED) is 0.361. The lowest BCUT2D eigenvalue weighted by Crippen LogP contribution is -2.20. The van der Waals surface area contributed by atoms with Crippen molar-refractivity contribution in [1.82, 2.24) is 0 Å². The first-order valence-electron chi connectivity index (χ1n) is 11.0. The molecule has 0 fully saturated rings. The summed E-state index contributed by atoms with van der Waals surface area (Å²) in [4.78, 5) is 25.0. The van der Waals surface area contributed by atoms with Crippen molar-refractivity contribution in [2.45, 2.75) is 33.6 Å². The van der Waals surface area contributed by atoms with Crippen molar-refractivity contribution in [3.63, 3.8) is 0 Å². The third-order valence-electron chi connectivity index (χ3n) is 5.59. The fourth-order valence-electron chi connectivity index (χ4n) is 3.88. The number of carbonyl (C=O) groups is 1. The van der Waals surface area contributed by atoms with Crippen molar-refractivity contribution in [1.29, 1.82) is 0 Å². The molecule has 1 amide bonds. The van der Waals surface area contributed by atoms with Crippen LogP contribution in [0.2, 0.25) is 0 Å². The van der Waals surface area contributed by atoms with Gasteiger partial charge < -0.3 is 14.5 Å². The predicted molar refractivity (Wildman–Crippen MR) is 132 cm³/mol. The van der Waals surface area contributed by atoms with Gasteiger partial charge in [0.05, 0.1) is 5.56 Å². The van der Waals surface area contributed by atoms with E-state index in [0.29, 0.717) is 22.8 Å². The Labute approximate surface area is 193 Å². The van der Waals surface area contributed by atoms with Gasteiger partial charge in [-0.05, 0) is 72.4 Å². The van der Waals surface area contributed by atoms with Crippen LogP contribution in [0.3, 0.4) is 0 Å². The second kappa shape index (κ2) is 9.33. The van der Waals surface area contributed by atoms with Crippen LogP contribution < -0.4 is 15.7 Å². The molecule has 4 aromatic rings. The van der Waals surface area contributed by atoms with Gasteiger partial charge in [0.15, 0.2) is 6.61 Å². The normalized spacial score (nSPS) is 11.1. The van der Waals surface area contributed by atoms with E-state index in [1.54, 1.807) is 12.1 Å². The molecule has 0 unspecified atom stereocenters. The number of para-hydroxylation sites is 1. The van der Waals surface area contributed by atoms with Crippen molar-refractivity contribution in [2.24, 2.45) is 0 Å². The first-order chi connectivity index (χ1) is 15.8. The molecule has 168 valence electrons. The lowest BCUT2D eigenvalue weighted by molar-refractivity contribution is -0.118. The Morgan fingerprint density at radius 1 is 0.970 bits per heavy atom. The lowest BCUT2D eigenvalue weighted by atomic mass is 10.0. The zero-order valence-corrected chi connectivity index (χ0v) is 19.3. The highest BCUT2D eigenvalue weighted by atomic mass is 16.5. The standard InChI is InChI=1S/C28H27NO4/c1-17(2)22-11-9-18(3)13-26(22)32-16-27(30)29-21-10-12-23(19(4)14-21)24-15-20-7-5-6-8-25(20)33-28(24)31/h5-15,17H,16H2,1-4H3,(H,29,30). The number of rotatable bonds is 6. The SMILES string of the molecule is Cc1ccc(C(C)C)c(OCC(=O)Nc2ccc(-c3cc4ccccc4oc3=O)c(C)c2)c1. The van der Waals surface area contributed by atoms with Crippen LogP contribution in [-0.2, 0) is 4.79 Å². The molecule has 0 saturated heterocycles. The van der Waals surface area contributed by atoms with E-state index in [1.807, 2.05) is 68.4 Å². The minimum Gasteiger partial charge on any atom is -0.483 e. The first-order valence-corrected chi connectivity index (χ1v) is 11.0. The predicted octanol–water partition coefficient (Wildman–Crippen LogP) is 6.22. The number of hydrogen-bond acceptors (Lipinski definition) is 4. The molecule has 0 aliphatic rings. The molecule has 0 bridgehead atoms. The Hall–Kier alpha value is -3.86. The Bertz CT molecular complexity index is 1380. The van der Waals surface area contributed by atoms with E-state index in [0.717, 1.165) is 33.4 Å². The fourth-order valence-corrected chi connectivity index (χ4v) is 3.88. The molecule has 5 heteroatoms. The van der Waals surface area contributed by atoms with Crippen LogP contribution in [0.4, 0.5) is 5.69 Å². The summed E-state index contributed by atoms with van der Waals surface area (Å²) >= 11 is 0. The number of hydrogen-bond donors (Lipinski definition) is 1. The summed E-state index contributed by atoms with van der Waals surface area (Å²) in [6.07, 6.45) is 0. The van der Waals surface area contributed by atoms with Gasteiger partial charge in [-0.3, -0.25) is 4.79 Å². The number of nitrogens with one attached hydrogen (secondary N) is 1. The molecule has 1 N–H and O–H groups in total. The smallest absolute Gasteiger partial charge is 0.344 e. The molecule has 5 nitrogen and oxygen atoms in total. The molecule has 3 aromatic carbocycles.